The Morgan fingerprint density at radius 1 is 1.36 bits per heavy atom. The normalized spacial score (nSPS) is 14.5. The van der Waals surface area contributed by atoms with Crippen LogP contribution in [-0.2, 0) is 4.79 Å². The van der Waals surface area contributed by atoms with Crippen molar-refractivity contribution in [1.82, 2.24) is 0 Å². The first-order valence-corrected chi connectivity index (χ1v) is 4.81. The van der Waals surface area contributed by atoms with Crippen molar-refractivity contribution >= 4 is 6.29 Å². The Labute approximate surface area is 84.9 Å². The van der Waals surface area contributed by atoms with E-state index < -0.39 is 5.60 Å². The summed E-state index contributed by atoms with van der Waals surface area (Å²) in [6.45, 7) is 5.74. The van der Waals surface area contributed by atoms with Gasteiger partial charge in [-0.15, -0.1) is 0 Å². The topological polar surface area (TPSA) is 26.3 Å². The molecular formula is C12H16O2. The zero-order valence-corrected chi connectivity index (χ0v) is 8.91. The molecule has 0 amide bonds. The van der Waals surface area contributed by atoms with Crippen molar-refractivity contribution in [3.63, 3.8) is 0 Å². The average molecular weight is 192 g/mol. The van der Waals surface area contributed by atoms with E-state index in [0.29, 0.717) is 6.42 Å². The third-order valence-corrected chi connectivity index (χ3v) is 2.32. The zero-order valence-electron chi connectivity index (χ0n) is 8.91. The molecule has 0 aromatic heterocycles. The van der Waals surface area contributed by atoms with Gasteiger partial charge in [-0.3, -0.25) is 4.79 Å². The van der Waals surface area contributed by atoms with Crippen LogP contribution in [0.1, 0.15) is 25.8 Å². The summed E-state index contributed by atoms with van der Waals surface area (Å²) >= 11 is 0. The molecule has 0 N–H and O–H groups in total. The first-order valence-electron chi connectivity index (χ1n) is 4.81. The summed E-state index contributed by atoms with van der Waals surface area (Å²) in [6, 6.07) is 7.70. The number of aryl methyl sites for hydroxylation is 1. The highest BCUT2D eigenvalue weighted by Crippen LogP contribution is 2.19. The quantitative estimate of drug-likeness (QED) is 0.686. The van der Waals surface area contributed by atoms with Gasteiger partial charge in [-0.2, -0.15) is 0 Å². The van der Waals surface area contributed by atoms with Crippen LogP contribution in [0.4, 0.5) is 0 Å². The van der Waals surface area contributed by atoms with Crippen molar-refractivity contribution in [3.05, 3.63) is 29.8 Å². The fourth-order valence-corrected chi connectivity index (χ4v) is 1.06. The van der Waals surface area contributed by atoms with Crippen LogP contribution in [0.3, 0.4) is 0 Å². The van der Waals surface area contributed by atoms with Crippen molar-refractivity contribution in [1.29, 1.82) is 0 Å². The largest absolute Gasteiger partial charge is 0.480 e. The Morgan fingerprint density at radius 3 is 2.36 bits per heavy atom. The third-order valence-electron chi connectivity index (χ3n) is 2.32. The highest BCUT2D eigenvalue weighted by molar-refractivity contribution is 5.62. The van der Waals surface area contributed by atoms with Crippen LogP contribution in [0, 0.1) is 6.92 Å². The summed E-state index contributed by atoms with van der Waals surface area (Å²) in [5, 5.41) is 0. The van der Waals surface area contributed by atoms with Crippen LogP contribution >= 0.6 is 0 Å². The van der Waals surface area contributed by atoms with Crippen LogP contribution in [-0.4, -0.2) is 11.9 Å². The lowest BCUT2D eigenvalue weighted by Crippen LogP contribution is -2.33. The highest BCUT2D eigenvalue weighted by atomic mass is 16.5. The number of ether oxygens (including phenoxy) is 1. The van der Waals surface area contributed by atoms with Gasteiger partial charge in [0.05, 0.1) is 0 Å². The van der Waals surface area contributed by atoms with E-state index in [1.165, 1.54) is 5.56 Å². The molecular weight excluding hydrogens is 176 g/mol. The maximum absolute atomic E-state index is 10.8. The second-order valence-corrected chi connectivity index (χ2v) is 3.70. The summed E-state index contributed by atoms with van der Waals surface area (Å²) in [6.07, 6.45) is 1.53. The summed E-state index contributed by atoms with van der Waals surface area (Å²) in [5.74, 6) is 0.743. The molecule has 0 spiro atoms. The third kappa shape index (κ3) is 2.59. The molecule has 0 heterocycles. The molecule has 0 saturated heterocycles. The number of rotatable bonds is 4. The predicted octanol–water partition coefficient (Wildman–Crippen LogP) is 2.74. The Kier molecular flexibility index (Phi) is 3.28. The number of carbonyl (C=O) groups is 1. The number of carbonyl (C=O) groups excluding carboxylic acids is 1. The van der Waals surface area contributed by atoms with E-state index in [4.69, 9.17) is 4.74 Å². The van der Waals surface area contributed by atoms with Crippen LogP contribution < -0.4 is 4.74 Å². The van der Waals surface area contributed by atoms with Gasteiger partial charge < -0.3 is 4.74 Å². The lowest BCUT2D eigenvalue weighted by Gasteiger charge is -2.23. The van der Waals surface area contributed by atoms with Crippen LogP contribution in [0.15, 0.2) is 24.3 Å². The molecule has 1 unspecified atom stereocenters. The smallest absolute Gasteiger partial charge is 0.163 e. The van der Waals surface area contributed by atoms with Gasteiger partial charge in [-0.25, -0.2) is 0 Å². The Hall–Kier alpha value is -1.31. The maximum Gasteiger partial charge on any atom is 0.163 e. The van der Waals surface area contributed by atoms with E-state index >= 15 is 0 Å². The van der Waals surface area contributed by atoms with Gasteiger partial charge in [0.25, 0.3) is 0 Å². The van der Waals surface area contributed by atoms with Crippen LogP contribution in [0.5, 0.6) is 5.75 Å². The molecule has 14 heavy (non-hydrogen) atoms. The van der Waals surface area contributed by atoms with Gasteiger partial charge >= 0.3 is 0 Å². The van der Waals surface area contributed by atoms with Gasteiger partial charge in [0.2, 0.25) is 0 Å². The molecule has 0 radical (unpaired) electrons. The highest BCUT2D eigenvalue weighted by Gasteiger charge is 2.22. The maximum atomic E-state index is 10.8. The first kappa shape index (κ1) is 10.8. The van der Waals surface area contributed by atoms with E-state index in [1.807, 2.05) is 38.1 Å². The molecule has 0 saturated carbocycles. The molecule has 76 valence electrons. The Bertz CT molecular complexity index is 303. The summed E-state index contributed by atoms with van der Waals surface area (Å²) in [4.78, 5) is 10.8. The molecule has 0 bridgehead atoms. The van der Waals surface area contributed by atoms with Crippen molar-refractivity contribution in [2.45, 2.75) is 32.8 Å². The molecule has 1 atom stereocenters. The first-order chi connectivity index (χ1) is 6.59. The number of benzene rings is 1. The van der Waals surface area contributed by atoms with Gasteiger partial charge in [0.1, 0.15) is 5.75 Å². The summed E-state index contributed by atoms with van der Waals surface area (Å²) < 4.78 is 5.59. The Morgan fingerprint density at radius 2 is 1.93 bits per heavy atom. The lowest BCUT2D eigenvalue weighted by atomic mass is 10.1. The molecule has 0 fully saturated rings. The van der Waals surface area contributed by atoms with Crippen LogP contribution in [0.25, 0.3) is 0 Å². The fourth-order valence-electron chi connectivity index (χ4n) is 1.06. The summed E-state index contributed by atoms with van der Waals surface area (Å²) in [7, 11) is 0. The van der Waals surface area contributed by atoms with Gasteiger partial charge in [-0.1, -0.05) is 24.6 Å². The second-order valence-electron chi connectivity index (χ2n) is 3.70. The predicted molar refractivity (Wildman–Crippen MR) is 56.6 cm³/mol. The minimum atomic E-state index is -0.699. The van der Waals surface area contributed by atoms with Crippen molar-refractivity contribution in [3.8, 4) is 5.75 Å². The molecule has 2 nitrogen and oxygen atoms in total. The molecule has 1 aromatic carbocycles. The van der Waals surface area contributed by atoms with E-state index in [0.717, 1.165) is 12.0 Å². The number of hydrogen-bond donors (Lipinski definition) is 0. The molecule has 1 aromatic rings. The second kappa shape index (κ2) is 4.27. The SMILES string of the molecule is CCC(C)(C=O)Oc1ccc(C)cc1. The number of hydrogen-bond acceptors (Lipinski definition) is 2. The van der Waals surface area contributed by atoms with Crippen molar-refractivity contribution in [2.75, 3.05) is 0 Å². The molecule has 0 aliphatic rings. The number of aldehydes is 1. The summed E-state index contributed by atoms with van der Waals surface area (Å²) in [5.41, 5.74) is 0.483. The zero-order chi connectivity index (χ0) is 10.6. The van der Waals surface area contributed by atoms with E-state index in [2.05, 4.69) is 0 Å². The van der Waals surface area contributed by atoms with E-state index in [-0.39, 0.29) is 0 Å². The average Bonchev–Trinajstić information content (AvgIpc) is 2.21. The van der Waals surface area contributed by atoms with Gasteiger partial charge in [0, 0.05) is 0 Å². The molecule has 2 heteroatoms. The minimum Gasteiger partial charge on any atom is -0.480 e. The Balaban J connectivity index is 2.77. The van der Waals surface area contributed by atoms with Gasteiger partial charge in [0.15, 0.2) is 11.9 Å². The monoisotopic (exact) mass is 192 g/mol. The molecule has 0 aliphatic carbocycles. The molecule has 1 rings (SSSR count). The lowest BCUT2D eigenvalue weighted by molar-refractivity contribution is -0.120. The van der Waals surface area contributed by atoms with Crippen molar-refractivity contribution in [2.24, 2.45) is 0 Å². The fraction of sp³-hybridized carbons (Fsp3) is 0.417. The van der Waals surface area contributed by atoms with Crippen LogP contribution in [0.2, 0.25) is 0 Å². The minimum absolute atomic E-state index is 0.671. The van der Waals surface area contributed by atoms with E-state index in [1.54, 1.807) is 6.92 Å². The standard InChI is InChI=1S/C12H16O2/c1-4-12(3,9-13)14-11-7-5-10(2)6-8-11/h5-9H,4H2,1-3H3. The van der Waals surface area contributed by atoms with E-state index in [9.17, 15) is 4.79 Å². The van der Waals surface area contributed by atoms with Gasteiger partial charge in [-0.05, 0) is 32.4 Å². The molecule has 0 aliphatic heterocycles. The van der Waals surface area contributed by atoms with Crippen molar-refractivity contribution < 1.29 is 9.53 Å².